The minimum absolute atomic E-state index is 0.0527. The summed E-state index contributed by atoms with van der Waals surface area (Å²) in [7, 11) is 0. The Hall–Kier alpha value is -1.44. The topological polar surface area (TPSA) is 75.1 Å². The summed E-state index contributed by atoms with van der Waals surface area (Å²) < 4.78 is 0. The molecule has 0 aliphatic heterocycles. The highest BCUT2D eigenvalue weighted by atomic mass is 32.2. The Morgan fingerprint density at radius 3 is 2.60 bits per heavy atom. The van der Waals surface area contributed by atoms with Crippen molar-refractivity contribution in [2.45, 2.75) is 19.3 Å². The molecule has 2 N–H and O–H groups in total. The van der Waals surface area contributed by atoms with E-state index in [1.807, 2.05) is 31.2 Å². The number of rotatable bonds is 6. The Bertz CT molecular complexity index is 569. The molecule has 2 aromatic rings. The number of carbonyl (C=O) groups is 1. The quantitative estimate of drug-likeness (QED) is 0.855. The number of anilines is 1. The van der Waals surface area contributed by atoms with Crippen LogP contribution in [-0.4, -0.2) is 27.0 Å². The summed E-state index contributed by atoms with van der Waals surface area (Å²) in [5.74, 6) is 1.06. The number of thioether (sulfide) groups is 1. The molecule has 0 saturated carbocycles. The zero-order valence-corrected chi connectivity index (χ0v) is 12.6. The monoisotopic (exact) mass is 309 g/mol. The largest absolute Gasteiger partial charge is 0.392 e. The molecule has 106 valence electrons. The number of aliphatic hydroxyl groups is 1. The Morgan fingerprint density at radius 2 is 2.00 bits per heavy atom. The van der Waals surface area contributed by atoms with Crippen LogP contribution in [0.15, 0.2) is 24.3 Å². The fourth-order valence-electron chi connectivity index (χ4n) is 1.50. The number of hydrogen-bond donors (Lipinski definition) is 2. The van der Waals surface area contributed by atoms with Gasteiger partial charge in [0.2, 0.25) is 11.0 Å². The smallest absolute Gasteiger partial charge is 0.236 e. The first kappa shape index (κ1) is 15.0. The van der Waals surface area contributed by atoms with Crippen molar-refractivity contribution in [1.29, 1.82) is 0 Å². The van der Waals surface area contributed by atoms with Gasteiger partial charge >= 0.3 is 0 Å². The number of aromatic nitrogens is 2. The van der Waals surface area contributed by atoms with Crippen LogP contribution in [0.2, 0.25) is 0 Å². The SMILES string of the molecule is Cc1nnc(NC(=O)CSCc2ccc(CO)cc2)s1. The molecule has 0 spiro atoms. The Balaban J connectivity index is 1.73. The van der Waals surface area contributed by atoms with Crippen molar-refractivity contribution in [3.05, 3.63) is 40.4 Å². The first-order valence-electron chi connectivity index (χ1n) is 6.04. The predicted octanol–water partition coefficient (Wildman–Crippen LogP) is 2.21. The van der Waals surface area contributed by atoms with Gasteiger partial charge in [-0.2, -0.15) is 0 Å². The minimum Gasteiger partial charge on any atom is -0.392 e. The zero-order valence-electron chi connectivity index (χ0n) is 11.0. The average molecular weight is 309 g/mol. The van der Waals surface area contributed by atoms with Crippen LogP contribution in [-0.2, 0) is 17.2 Å². The van der Waals surface area contributed by atoms with Crippen LogP contribution in [0.5, 0.6) is 0 Å². The maximum atomic E-state index is 11.7. The highest BCUT2D eigenvalue weighted by Crippen LogP contribution is 2.16. The molecule has 1 aromatic carbocycles. The van der Waals surface area contributed by atoms with Gasteiger partial charge in [-0.25, -0.2) is 0 Å². The molecule has 0 aliphatic rings. The summed E-state index contributed by atoms with van der Waals surface area (Å²) in [6, 6.07) is 7.70. The van der Waals surface area contributed by atoms with Crippen LogP contribution in [0.3, 0.4) is 0 Å². The molecule has 1 heterocycles. The molecule has 1 amide bonds. The van der Waals surface area contributed by atoms with E-state index in [0.29, 0.717) is 10.9 Å². The molecule has 1 aromatic heterocycles. The standard InChI is InChI=1S/C13H15N3O2S2/c1-9-15-16-13(20-9)14-12(18)8-19-7-11-4-2-10(6-17)3-5-11/h2-5,17H,6-8H2,1H3,(H,14,16,18). The van der Waals surface area contributed by atoms with Gasteiger partial charge < -0.3 is 5.11 Å². The number of nitrogens with zero attached hydrogens (tertiary/aromatic N) is 2. The third kappa shape index (κ3) is 4.59. The predicted molar refractivity (Wildman–Crippen MR) is 81.8 cm³/mol. The van der Waals surface area contributed by atoms with Gasteiger partial charge in [0.15, 0.2) is 0 Å². The minimum atomic E-state index is -0.0712. The molecule has 20 heavy (non-hydrogen) atoms. The second-order valence-electron chi connectivity index (χ2n) is 4.14. The van der Waals surface area contributed by atoms with Gasteiger partial charge in [-0.3, -0.25) is 10.1 Å². The first-order chi connectivity index (χ1) is 9.67. The molecule has 0 bridgehead atoms. The lowest BCUT2D eigenvalue weighted by atomic mass is 10.2. The maximum absolute atomic E-state index is 11.7. The lowest BCUT2D eigenvalue weighted by Crippen LogP contribution is -2.13. The van der Waals surface area contributed by atoms with Gasteiger partial charge in [-0.15, -0.1) is 22.0 Å². The van der Waals surface area contributed by atoms with Crippen molar-refractivity contribution in [3.8, 4) is 0 Å². The van der Waals surface area contributed by atoms with Crippen molar-refractivity contribution in [2.24, 2.45) is 0 Å². The van der Waals surface area contributed by atoms with Gasteiger partial charge in [0.1, 0.15) is 5.01 Å². The Kier molecular flexibility index (Phi) is 5.51. The van der Waals surface area contributed by atoms with Gasteiger partial charge in [0.05, 0.1) is 12.4 Å². The van der Waals surface area contributed by atoms with Crippen LogP contribution in [0.25, 0.3) is 0 Å². The van der Waals surface area contributed by atoms with E-state index >= 15 is 0 Å². The molecular formula is C13H15N3O2S2. The summed E-state index contributed by atoms with van der Waals surface area (Å²) >= 11 is 2.90. The van der Waals surface area contributed by atoms with Gasteiger partial charge in [0, 0.05) is 5.75 Å². The van der Waals surface area contributed by atoms with E-state index in [1.165, 1.54) is 23.1 Å². The first-order valence-corrected chi connectivity index (χ1v) is 8.01. The Labute approximate surface area is 125 Å². The van der Waals surface area contributed by atoms with Crippen LogP contribution >= 0.6 is 23.1 Å². The highest BCUT2D eigenvalue weighted by molar-refractivity contribution is 7.99. The number of amides is 1. The third-order valence-electron chi connectivity index (χ3n) is 2.48. The summed E-state index contributed by atoms with van der Waals surface area (Å²) in [6.07, 6.45) is 0. The molecule has 5 nitrogen and oxygen atoms in total. The van der Waals surface area contributed by atoms with E-state index in [-0.39, 0.29) is 12.5 Å². The second-order valence-corrected chi connectivity index (χ2v) is 6.31. The van der Waals surface area contributed by atoms with E-state index in [4.69, 9.17) is 5.11 Å². The Morgan fingerprint density at radius 1 is 1.30 bits per heavy atom. The van der Waals surface area contributed by atoms with Crippen molar-refractivity contribution in [2.75, 3.05) is 11.1 Å². The number of aryl methyl sites for hydroxylation is 1. The summed E-state index contributed by atoms with van der Waals surface area (Å²) in [4.78, 5) is 11.7. The summed E-state index contributed by atoms with van der Waals surface area (Å²) in [5, 5.41) is 20.7. The molecular weight excluding hydrogens is 294 g/mol. The lowest BCUT2D eigenvalue weighted by Gasteiger charge is -2.03. The number of hydrogen-bond acceptors (Lipinski definition) is 6. The maximum Gasteiger partial charge on any atom is 0.236 e. The molecule has 0 radical (unpaired) electrons. The molecule has 2 rings (SSSR count). The molecule has 0 aliphatic carbocycles. The van der Waals surface area contributed by atoms with Gasteiger partial charge in [0.25, 0.3) is 0 Å². The van der Waals surface area contributed by atoms with Crippen molar-refractivity contribution >= 4 is 34.1 Å². The van der Waals surface area contributed by atoms with Gasteiger partial charge in [-0.05, 0) is 18.1 Å². The summed E-state index contributed by atoms with van der Waals surface area (Å²) in [6.45, 7) is 1.90. The van der Waals surface area contributed by atoms with Crippen LogP contribution < -0.4 is 5.32 Å². The highest BCUT2D eigenvalue weighted by Gasteiger charge is 2.06. The molecule has 0 saturated heterocycles. The van der Waals surface area contributed by atoms with E-state index < -0.39 is 0 Å². The molecule has 0 unspecified atom stereocenters. The van der Waals surface area contributed by atoms with Crippen LogP contribution in [0.1, 0.15) is 16.1 Å². The molecule has 7 heteroatoms. The number of carbonyl (C=O) groups excluding carboxylic acids is 1. The fraction of sp³-hybridized carbons (Fsp3) is 0.308. The van der Waals surface area contributed by atoms with E-state index in [9.17, 15) is 4.79 Å². The average Bonchev–Trinajstić information content (AvgIpc) is 2.85. The van der Waals surface area contributed by atoms with E-state index in [0.717, 1.165) is 21.9 Å². The van der Waals surface area contributed by atoms with E-state index in [1.54, 1.807) is 0 Å². The van der Waals surface area contributed by atoms with Crippen LogP contribution in [0.4, 0.5) is 5.13 Å². The second kappa shape index (κ2) is 7.37. The normalized spacial score (nSPS) is 10.5. The number of aliphatic hydroxyl groups excluding tert-OH is 1. The van der Waals surface area contributed by atoms with Crippen molar-refractivity contribution in [3.63, 3.8) is 0 Å². The fourth-order valence-corrected chi connectivity index (χ4v) is 2.90. The van der Waals surface area contributed by atoms with Crippen LogP contribution in [0, 0.1) is 6.92 Å². The number of nitrogens with one attached hydrogen (secondary N) is 1. The molecule has 0 atom stereocenters. The van der Waals surface area contributed by atoms with Crippen molar-refractivity contribution in [1.82, 2.24) is 10.2 Å². The molecule has 0 fully saturated rings. The van der Waals surface area contributed by atoms with Crippen molar-refractivity contribution < 1.29 is 9.90 Å². The number of benzene rings is 1. The lowest BCUT2D eigenvalue weighted by molar-refractivity contribution is -0.113. The zero-order chi connectivity index (χ0) is 14.4. The third-order valence-corrected chi connectivity index (χ3v) is 4.24. The summed E-state index contributed by atoms with van der Waals surface area (Å²) in [5.41, 5.74) is 2.02. The van der Waals surface area contributed by atoms with Gasteiger partial charge in [-0.1, -0.05) is 35.6 Å². The van der Waals surface area contributed by atoms with E-state index in [2.05, 4.69) is 15.5 Å².